The molecule has 1 amide bonds. The van der Waals surface area contributed by atoms with E-state index in [0.29, 0.717) is 52.7 Å². The predicted molar refractivity (Wildman–Crippen MR) is 151 cm³/mol. The van der Waals surface area contributed by atoms with E-state index in [-0.39, 0.29) is 54.0 Å². The summed E-state index contributed by atoms with van der Waals surface area (Å²) in [5.74, 6) is -0.467. The molecule has 3 aliphatic rings. The Bertz CT molecular complexity index is 1670. The van der Waals surface area contributed by atoms with Gasteiger partial charge in [0.25, 0.3) is 5.56 Å². The molecule has 6 rings (SSSR count). The molecule has 2 aromatic heterocycles. The van der Waals surface area contributed by atoms with Crippen molar-refractivity contribution in [2.75, 3.05) is 5.75 Å². The fourth-order valence-corrected chi connectivity index (χ4v) is 7.13. The van der Waals surface area contributed by atoms with Gasteiger partial charge >= 0.3 is 5.97 Å². The van der Waals surface area contributed by atoms with Gasteiger partial charge in [-0.15, -0.1) is 0 Å². The van der Waals surface area contributed by atoms with Crippen LogP contribution in [-0.4, -0.2) is 37.5 Å². The van der Waals surface area contributed by atoms with Crippen molar-refractivity contribution in [1.82, 2.24) is 14.9 Å². The molecule has 0 saturated carbocycles. The number of carbonyl (C=O) groups is 2. The fraction of sp³-hybridized carbons (Fsp3) is 0.467. The zero-order valence-electron chi connectivity index (χ0n) is 23.0. The van der Waals surface area contributed by atoms with Crippen molar-refractivity contribution in [1.29, 1.82) is 0 Å². The van der Waals surface area contributed by atoms with Gasteiger partial charge in [0.2, 0.25) is 5.91 Å². The van der Waals surface area contributed by atoms with Gasteiger partial charge in [-0.25, -0.2) is 14.2 Å². The summed E-state index contributed by atoms with van der Waals surface area (Å²) < 4.78 is 21.8. The summed E-state index contributed by atoms with van der Waals surface area (Å²) >= 11 is 1.73. The number of carbonyl (C=O) groups excluding carboxylic acids is 2. The number of rotatable bonds is 6. The minimum absolute atomic E-state index is 0.0437. The van der Waals surface area contributed by atoms with Crippen molar-refractivity contribution >= 4 is 34.5 Å². The Morgan fingerprint density at radius 2 is 2.08 bits per heavy atom. The fourth-order valence-electron chi connectivity index (χ4n) is 6.35. The predicted octanol–water partition coefficient (Wildman–Crippen LogP) is 4.16. The molecule has 1 aromatic carbocycles. The maximum Gasteiger partial charge on any atom is 0.343 e. The number of benzene rings is 1. The minimum Gasteiger partial charge on any atom is -0.458 e. The second kappa shape index (κ2) is 9.69. The van der Waals surface area contributed by atoms with Gasteiger partial charge in [-0.3, -0.25) is 9.59 Å². The Labute approximate surface area is 235 Å². The van der Waals surface area contributed by atoms with Crippen LogP contribution >= 0.6 is 11.8 Å². The second-order valence-corrected chi connectivity index (χ2v) is 12.8. The van der Waals surface area contributed by atoms with Gasteiger partial charge in [0.1, 0.15) is 12.4 Å². The molecular formula is C30H32FN3O5S. The molecule has 0 radical (unpaired) electrons. The number of cyclic esters (lactones) is 1. The average molecular weight is 566 g/mol. The van der Waals surface area contributed by atoms with E-state index < -0.39 is 11.6 Å². The van der Waals surface area contributed by atoms with Crippen LogP contribution in [0.2, 0.25) is 0 Å². The Morgan fingerprint density at radius 3 is 2.80 bits per heavy atom. The topological polar surface area (TPSA) is 111 Å². The molecule has 3 aromatic rings. The number of fused-ring (bicyclic) bond motifs is 5. The molecule has 210 valence electrons. The Kier molecular flexibility index (Phi) is 6.53. The van der Waals surface area contributed by atoms with Gasteiger partial charge in [-0.1, -0.05) is 20.8 Å². The first kappa shape index (κ1) is 27.0. The van der Waals surface area contributed by atoms with E-state index in [1.54, 1.807) is 36.2 Å². The SMILES string of the molecule is CC[C@@]1(O)C(=O)OCc2c1cc1n(c2=O)Cc2c-1nc1cc(F)c(C)c3c1c2[C@@H](NC(=O)CCSC(C)C)CC3. The van der Waals surface area contributed by atoms with E-state index in [1.165, 1.54) is 6.07 Å². The first-order chi connectivity index (χ1) is 19.0. The molecule has 4 heterocycles. The number of hydrogen-bond acceptors (Lipinski definition) is 7. The highest BCUT2D eigenvalue weighted by Crippen LogP contribution is 2.46. The highest BCUT2D eigenvalue weighted by atomic mass is 32.2. The van der Waals surface area contributed by atoms with Crippen LogP contribution in [-0.2, 0) is 39.5 Å². The summed E-state index contributed by atoms with van der Waals surface area (Å²) in [4.78, 5) is 44.1. The molecule has 40 heavy (non-hydrogen) atoms. The molecule has 2 N–H and O–H groups in total. The molecule has 0 unspecified atom stereocenters. The maximum absolute atomic E-state index is 15.0. The molecular weight excluding hydrogens is 533 g/mol. The van der Waals surface area contributed by atoms with Gasteiger partial charge in [0, 0.05) is 34.8 Å². The Hall–Kier alpha value is -3.24. The van der Waals surface area contributed by atoms with E-state index >= 15 is 4.39 Å². The second-order valence-electron chi connectivity index (χ2n) is 11.1. The molecule has 2 atom stereocenters. The maximum atomic E-state index is 15.0. The molecule has 8 nitrogen and oxygen atoms in total. The lowest BCUT2D eigenvalue weighted by Gasteiger charge is -2.31. The summed E-state index contributed by atoms with van der Waals surface area (Å²) in [6.07, 6.45) is 1.64. The van der Waals surface area contributed by atoms with Crippen molar-refractivity contribution < 1.29 is 23.8 Å². The molecule has 2 aliphatic heterocycles. The molecule has 0 saturated heterocycles. The zero-order chi connectivity index (χ0) is 28.5. The van der Waals surface area contributed by atoms with E-state index in [4.69, 9.17) is 9.72 Å². The number of esters is 1. The van der Waals surface area contributed by atoms with E-state index in [0.717, 1.165) is 22.1 Å². The third-order valence-corrected chi connectivity index (χ3v) is 9.60. The van der Waals surface area contributed by atoms with Crippen LogP contribution in [0.1, 0.15) is 79.5 Å². The third kappa shape index (κ3) is 3.98. The Balaban J connectivity index is 1.53. The summed E-state index contributed by atoms with van der Waals surface area (Å²) in [6, 6.07) is 2.76. The van der Waals surface area contributed by atoms with Crippen LogP contribution in [0.25, 0.3) is 22.3 Å². The number of nitrogens with zero attached hydrogens (tertiary/aromatic N) is 2. The summed E-state index contributed by atoms with van der Waals surface area (Å²) in [5.41, 5.74) is 2.73. The van der Waals surface area contributed by atoms with E-state index in [2.05, 4.69) is 19.2 Å². The van der Waals surface area contributed by atoms with Gasteiger partial charge < -0.3 is 19.7 Å². The third-order valence-electron chi connectivity index (χ3n) is 8.49. The van der Waals surface area contributed by atoms with Gasteiger partial charge in [0.05, 0.1) is 35.1 Å². The monoisotopic (exact) mass is 565 g/mol. The number of aryl methyl sites for hydroxylation is 1. The van der Waals surface area contributed by atoms with E-state index in [9.17, 15) is 19.5 Å². The number of pyridine rings is 2. The average Bonchev–Trinajstić information content (AvgIpc) is 3.28. The van der Waals surface area contributed by atoms with Crippen molar-refractivity contribution in [2.45, 2.75) is 83.4 Å². The summed E-state index contributed by atoms with van der Waals surface area (Å²) in [7, 11) is 0. The zero-order valence-corrected chi connectivity index (χ0v) is 23.8. The van der Waals surface area contributed by atoms with Crippen LogP contribution < -0.4 is 10.9 Å². The first-order valence-electron chi connectivity index (χ1n) is 13.8. The molecule has 10 heteroatoms. The lowest BCUT2D eigenvalue weighted by atomic mass is 9.81. The quantitative estimate of drug-likeness (QED) is 0.338. The molecule has 0 bridgehead atoms. The van der Waals surface area contributed by atoms with Crippen LogP contribution in [0.15, 0.2) is 16.9 Å². The molecule has 1 aliphatic carbocycles. The highest BCUT2D eigenvalue weighted by Gasteiger charge is 2.46. The minimum atomic E-state index is -1.93. The summed E-state index contributed by atoms with van der Waals surface area (Å²) in [5, 5.41) is 15.7. The molecule has 0 fully saturated rings. The number of nitrogens with one attached hydrogen (secondary N) is 1. The van der Waals surface area contributed by atoms with Gasteiger partial charge in [0.15, 0.2) is 5.60 Å². The first-order valence-corrected chi connectivity index (χ1v) is 14.8. The molecule has 0 spiro atoms. The van der Waals surface area contributed by atoms with Gasteiger partial charge in [-0.2, -0.15) is 11.8 Å². The lowest BCUT2D eigenvalue weighted by molar-refractivity contribution is -0.172. The van der Waals surface area contributed by atoms with Crippen molar-refractivity contribution in [2.24, 2.45) is 0 Å². The van der Waals surface area contributed by atoms with Crippen molar-refractivity contribution in [3.8, 4) is 11.4 Å². The number of hydrogen-bond donors (Lipinski definition) is 2. The normalized spacial score (nSPS) is 20.8. The number of halogens is 1. The number of aliphatic hydroxyl groups is 1. The van der Waals surface area contributed by atoms with Crippen LogP contribution in [0.4, 0.5) is 4.39 Å². The Morgan fingerprint density at radius 1 is 1.30 bits per heavy atom. The number of amides is 1. The number of thioether (sulfide) groups is 1. The number of ether oxygens (including phenoxy) is 1. The van der Waals surface area contributed by atoms with E-state index in [1.807, 2.05) is 0 Å². The van der Waals surface area contributed by atoms with Crippen molar-refractivity contribution in [3.05, 3.63) is 61.7 Å². The highest BCUT2D eigenvalue weighted by molar-refractivity contribution is 7.99. The standard InChI is InChI=1S/C30H32FN3O5S/c1-5-30(38)19-10-23-27-17(12-34(23)28(36)18(19)13-39-29(30)37)26-21(32-24(35)8-9-40-14(2)3)7-6-16-15(4)20(31)11-22(33-27)25(16)26/h10-11,14,21,38H,5-9,12-13H2,1-4H3,(H,32,35)/t21-,30-/m0/s1. The van der Waals surface area contributed by atoms with Crippen LogP contribution in [0.5, 0.6) is 0 Å². The van der Waals surface area contributed by atoms with Gasteiger partial charge in [-0.05, 0) is 54.2 Å². The smallest absolute Gasteiger partial charge is 0.343 e. The van der Waals surface area contributed by atoms with Crippen LogP contribution in [0.3, 0.4) is 0 Å². The van der Waals surface area contributed by atoms with Crippen molar-refractivity contribution in [3.63, 3.8) is 0 Å². The summed E-state index contributed by atoms with van der Waals surface area (Å²) in [6.45, 7) is 7.62. The van der Waals surface area contributed by atoms with Crippen LogP contribution in [0, 0.1) is 12.7 Å². The number of aromatic nitrogens is 2. The largest absolute Gasteiger partial charge is 0.458 e. The lowest BCUT2D eigenvalue weighted by Crippen LogP contribution is -2.44.